The van der Waals surface area contributed by atoms with Gasteiger partial charge in [0.1, 0.15) is 0 Å². The SMILES string of the molecule is CCNC(=O)c1ccc(C)c(NC(=O)c2cc(S(N)(=O)=O)cc(Cl)c2F)c1. The third kappa shape index (κ3) is 4.82. The molecule has 0 heterocycles. The molecular weight excluding hydrogens is 397 g/mol. The van der Waals surface area contributed by atoms with Crippen molar-refractivity contribution in [3.05, 3.63) is 57.9 Å². The molecule has 0 aliphatic rings. The lowest BCUT2D eigenvalue weighted by Gasteiger charge is -2.12. The molecule has 0 radical (unpaired) electrons. The molecule has 0 fully saturated rings. The molecule has 144 valence electrons. The molecule has 0 atom stereocenters. The lowest BCUT2D eigenvalue weighted by atomic mass is 10.1. The van der Waals surface area contributed by atoms with E-state index in [1.54, 1.807) is 26.0 Å². The molecule has 2 rings (SSSR count). The summed E-state index contributed by atoms with van der Waals surface area (Å²) in [5.74, 6) is -2.35. The molecular formula is C17H17ClFN3O4S. The number of hydrogen-bond donors (Lipinski definition) is 3. The van der Waals surface area contributed by atoms with Crippen LogP contribution in [-0.4, -0.2) is 26.8 Å². The van der Waals surface area contributed by atoms with Gasteiger partial charge in [-0.05, 0) is 43.7 Å². The smallest absolute Gasteiger partial charge is 0.258 e. The number of hydrogen-bond acceptors (Lipinski definition) is 4. The maximum absolute atomic E-state index is 14.2. The number of benzene rings is 2. The largest absolute Gasteiger partial charge is 0.352 e. The van der Waals surface area contributed by atoms with Crippen molar-refractivity contribution in [1.82, 2.24) is 5.32 Å². The van der Waals surface area contributed by atoms with Gasteiger partial charge < -0.3 is 10.6 Å². The zero-order valence-corrected chi connectivity index (χ0v) is 16.0. The molecule has 0 aromatic heterocycles. The minimum atomic E-state index is -4.19. The Labute approximate surface area is 160 Å². The van der Waals surface area contributed by atoms with E-state index in [9.17, 15) is 22.4 Å². The summed E-state index contributed by atoms with van der Waals surface area (Å²) in [4.78, 5) is 23.9. The monoisotopic (exact) mass is 413 g/mol. The van der Waals surface area contributed by atoms with Gasteiger partial charge in [-0.3, -0.25) is 9.59 Å². The standard InChI is InChI=1S/C17H17ClFN3O4S/c1-3-21-16(23)10-5-4-9(2)14(6-10)22-17(24)12-7-11(27(20,25)26)8-13(18)15(12)19/h4-8H,3H2,1-2H3,(H,21,23)(H,22,24)(H2,20,25,26). The Bertz CT molecular complexity index is 1030. The lowest BCUT2D eigenvalue weighted by Crippen LogP contribution is -2.23. The molecule has 0 saturated heterocycles. The minimum Gasteiger partial charge on any atom is -0.352 e. The van der Waals surface area contributed by atoms with Gasteiger partial charge in [-0.1, -0.05) is 17.7 Å². The second kappa shape index (κ2) is 8.03. The van der Waals surface area contributed by atoms with Crippen LogP contribution in [0, 0.1) is 12.7 Å². The first kappa shape index (κ1) is 20.8. The average molecular weight is 414 g/mol. The summed E-state index contributed by atoms with van der Waals surface area (Å²) in [5, 5.41) is 9.54. The van der Waals surface area contributed by atoms with Gasteiger partial charge in [0, 0.05) is 17.8 Å². The highest BCUT2D eigenvalue weighted by molar-refractivity contribution is 7.89. The number of nitrogens with one attached hydrogen (secondary N) is 2. The van der Waals surface area contributed by atoms with Crippen molar-refractivity contribution in [2.24, 2.45) is 5.14 Å². The fourth-order valence-electron chi connectivity index (χ4n) is 2.24. The van der Waals surface area contributed by atoms with Crippen molar-refractivity contribution < 1.29 is 22.4 Å². The summed E-state index contributed by atoms with van der Waals surface area (Å²) in [6.45, 7) is 3.87. The Balaban J connectivity index is 2.42. The first-order valence-electron chi connectivity index (χ1n) is 7.76. The number of anilines is 1. The van der Waals surface area contributed by atoms with Crippen LogP contribution in [0.5, 0.6) is 0 Å². The van der Waals surface area contributed by atoms with E-state index in [4.69, 9.17) is 16.7 Å². The van der Waals surface area contributed by atoms with Crippen LogP contribution in [0.2, 0.25) is 5.02 Å². The summed E-state index contributed by atoms with van der Waals surface area (Å²) < 4.78 is 37.2. The normalized spacial score (nSPS) is 11.1. The van der Waals surface area contributed by atoms with E-state index in [-0.39, 0.29) is 11.6 Å². The number of sulfonamides is 1. The number of halogens is 2. The van der Waals surface area contributed by atoms with Gasteiger partial charge in [-0.15, -0.1) is 0 Å². The quantitative estimate of drug-likeness (QED) is 0.697. The lowest BCUT2D eigenvalue weighted by molar-refractivity contribution is 0.0954. The third-order valence-corrected chi connectivity index (χ3v) is 4.83. The zero-order valence-electron chi connectivity index (χ0n) is 14.5. The number of amides is 2. The maximum atomic E-state index is 14.2. The average Bonchev–Trinajstić information content (AvgIpc) is 2.58. The van der Waals surface area contributed by atoms with Crippen LogP contribution in [0.3, 0.4) is 0 Å². The number of carbonyl (C=O) groups is 2. The van der Waals surface area contributed by atoms with Crippen LogP contribution < -0.4 is 15.8 Å². The molecule has 0 aliphatic heterocycles. The maximum Gasteiger partial charge on any atom is 0.258 e. The van der Waals surface area contributed by atoms with Crippen LogP contribution in [0.4, 0.5) is 10.1 Å². The topological polar surface area (TPSA) is 118 Å². The van der Waals surface area contributed by atoms with Crippen molar-refractivity contribution >= 4 is 39.1 Å². The van der Waals surface area contributed by atoms with Gasteiger partial charge in [0.15, 0.2) is 5.82 Å². The second-order valence-corrected chi connectivity index (χ2v) is 7.62. The fraction of sp³-hybridized carbons (Fsp3) is 0.176. The van der Waals surface area contributed by atoms with E-state index in [2.05, 4.69) is 10.6 Å². The van der Waals surface area contributed by atoms with E-state index >= 15 is 0 Å². The highest BCUT2D eigenvalue weighted by Crippen LogP contribution is 2.25. The van der Waals surface area contributed by atoms with Crippen LogP contribution in [0.15, 0.2) is 35.2 Å². The molecule has 27 heavy (non-hydrogen) atoms. The predicted molar refractivity (Wildman–Crippen MR) is 99.9 cm³/mol. The third-order valence-electron chi connectivity index (χ3n) is 3.66. The van der Waals surface area contributed by atoms with E-state index in [0.717, 1.165) is 12.1 Å². The van der Waals surface area contributed by atoms with Crippen LogP contribution in [-0.2, 0) is 10.0 Å². The van der Waals surface area contributed by atoms with Gasteiger partial charge in [0.05, 0.1) is 15.5 Å². The Hall–Kier alpha value is -2.49. The molecule has 0 aliphatic carbocycles. The van der Waals surface area contributed by atoms with Crippen molar-refractivity contribution in [1.29, 1.82) is 0 Å². The Morgan fingerprint density at radius 3 is 2.44 bits per heavy atom. The molecule has 0 bridgehead atoms. The fourth-order valence-corrected chi connectivity index (χ4v) is 3.09. The van der Waals surface area contributed by atoms with Crippen molar-refractivity contribution in [2.45, 2.75) is 18.7 Å². The summed E-state index contributed by atoms with van der Waals surface area (Å²) in [5.41, 5.74) is 0.592. The van der Waals surface area contributed by atoms with Crippen molar-refractivity contribution in [2.75, 3.05) is 11.9 Å². The number of nitrogens with two attached hydrogens (primary N) is 1. The first-order chi connectivity index (χ1) is 12.5. The van der Waals surface area contributed by atoms with Crippen LogP contribution in [0.25, 0.3) is 0 Å². The first-order valence-corrected chi connectivity index (χ1v) is 9.69. The summed E-state index contributed by atoms with van der Waals surface area (Å²) in [6, 6.07) is 6.25. The van der Waals surface area contributed by atoms with E-state index < -0.39 is 37.2 Å². The molecule has 2 aromatic rings. The molecule has 2 aromatic carbocycles. The van der Waals surface area contributed by atoms with Crippen LogP contribution in [0.1, 0.15) is 33.2 Å². The summed E-state index contributed by atoms with van der Waals surface area (Å²) >= 11 is 5.68. The summed E-state index contributed by atoms with van der Waals surface area (Å²) in [6.07, 6.45) is 0. The van der Waals surface area contributed by atoms with E-state index in [0.29, 0.717) is 17.7 Å². The zero-order chi connectivity index (χ0) is 20.4. The highest BCUT2D eigenvalue weighted by atomic mass is 35.5. The Morgan fingerprint density at radius 1 is 1.19 bits per heavy atom. The number of primary sulfonamides is 1. The number of aryl methyl sites for hydroxylation is 1. The van der Waals surface area contributed by atoms with Crippen molar-refractivity contribution in [3.8, 4) is 0 Å². The number of rotatable bonds is 5. The van der Waals surface area contributed by atoms with Gasteiger partial charge in [-0.25, -0.2) is 17.9 Å². The second-order valence-electron chi connectivity index (χ2n) is 5.65. The van der Waals surface area contributed by atoms with Crippen LogP contribution >= 0.6 is 11.6 Å². The molecule has 2 amide bonds. The number of carbonyl (C=O) groups excluding carboxylic acids is 2. The molecule has 0 unspecified atom stereocenters. The minimum absolute atomic E-state index is 0.264. The summed E-state index contributed by atoms with van der Waals surface area (Å²) in [7, 11) is -4.19. The van der Waals surface area contributed by atoms with E-state index in [1.807, 2.05) is 0 Å². The highest BCUT2D eigenvalue weighted by Gasteiger charge is 2.21. The molecule has 10 heteroatoms. The van der Waals surface area contributed by atoms with Gasteiger partial charge in [-0.2, -0.15) is 0 Å². The molecule has 4 N–H and O–H groups in total. The van der Waals surface area contributed by atoms with Gasteiger partial charge in [0.25, 0.3) is 11.8 Å². The molecule has 0 saturated carbocycles. The molecule has 7 nitrogen and oxygen atoms in total. The van der Waals surface area contributed by atoms with E-state index in [1.165, 1.54) is 6.07 Å². The van der Waals surface area contributed by atoms with Crippen molar-refractivity contribution in [3.63, 3.8) is 0 Å². The van der Waals surface area contributed by atoms with Gasteiger partial charge in [0.2, 0.25) is 10.0 Å². The molecule has 0 spiro atoms. The Morgan fingerprint density at radius 2 is 1.85 bits per heavy atom. The van der Waals surface area contributed by atoms with Gasteiger partial charge >= 0.3 is 0 Å². The predicted octanol–water partition coefficient (Wildman–Crippen LogP) is 2.44. The Kier molecular flexibility index (Phi) is 6.19.